The van der Waals surface area contributed by atoms with Crippen LogP contribution in [0, 0.1) is 17.6 Å². The van der Waals surface area contributed by atoms with Crippen LogP contribution >= 0.6 is 0 Å². The highest BCUT2D eigenvalue weighted by atomic mass is 19.4. The minimum atomic E-state index is -4.86. The highest BCUT2D eigenvalue weighted by Gasteiger charge is 2.66. The summed E-state index contributed by atoms with van der Waals surface area (Å²) in [5, 5.41) is 0. The van der Waals surface area contributed by atoms with Gasteiger partial charge in [-0.05, 0) is 18.6 Å². The van der Waals surface area contributed by atoms with Crippen molar-refractivity contribution in [1.82, 2.24) is 0 Å². The maximum atomic E-state index is 14.9. The summed E-state index contributed by atoms with van der Waals surface area (Å²) in [6, 6.07) is 9.67. The summed E-state index contributed by atoms with van der Waals surface area (Å²) in [5.74, 6) is -7.83. The van der Waals surface area contributed by atoms with Crippen LogP contribution in [0.2, 0.25) is 0 Å². The number of methoxy groups -OCH3 is 2. The maximum Gasteiger partial charge on any atom is 0.417 e. The number of carbonyl (C=O) groups is 1. The van der Waals surface area contributed by atoms with Crippen molar-refractivity contribution in [2.75, 3.05) is 14.2 Å². The summed E-state index contributed by atoms with van der Waals surface area (Å²) in [6.07, 6.45) is -6.59. The Labute approximate surface area is 187 Å². The first kappa shape index (κ1) is 24.8. The number of halogens is 5. The van der Waals surface area contributed by atoms with Crippen molar-refractivity contribution in [1.29, 1.82) is 0 Å². The Morgan fingerprint density at radius 2 is 1.76 bits per heavy atom. The molecule has 2 aromatic carbocycles. The molecule has 1 saturated heterocycles. The largest absolute Gasteiger partial charge is 0.493 e. The van der Waals surface area contributed by atoms with E-state index in [-0.39, 0.29) is 12.2 Å². The minimum Gasteiger partial charge on any atom is -0.493 e. The van der Waals surface area contributed by atoms with E-state index in [1.165, 1.54) is 6.92 Å². The molecule has 10 heteroatoms. The first-order valence-electron chi connectivity index (χ1n) is 10.0. The van der Waals surface area contributed by atoms with Gasteiger partial charge in [0.15, 0.2) is 23.2 Å². The van der Waals surface area contributed by atoms with Gasteiger partial charge in [-0.15, -0.1) is 0 Å². The normalized spacial score (nSPS) is 25.1. The van der Waals surface area contributed by atoms with Crippen LogP contribution in [0.1, 0.15) is 30.9 Å². The Bertz CT molecular complexity index is 1010. The zero-order valence-corrected chi connectivity index (χ0v) is 18.3. The Balaban J connectivity index is 2.11. The van der Waals surface area contributed by atoms with Gasteiger partial charge in [0.05, 0.1) is 14.2 Å². The summed E-state index contributed by atoms with van der Waals surface area (Å²) in [6.45, 7) is 1.89. The van der Waals surface area contributed by atoms with Crippen molar-refractivity contribution in [3.05, 3.63) is 59.2 Å². The lowest BCUT2D eigenvalue weighted by Gasteiger charge is -2.32. The highest BCUT2D eigenvalue weighted by Crippen LogP contribution is 2.55. The molecule has 2 aromatic rings. The van der Waals surface area contributed by atoms with E-state index in [1.807, 2.05) is 0 Å². The van der Waals surface area contributed by atoms with Gasteiger partial charge in [-0.25, -0.2) is 4.79 Å². The lowest BCUT2D eigenvalue weighted by atomic mass is 9.77. The van der Waals surface area contributed by atoms with Crippen LogP contribution in [0.4, 0.5) is 22.0 Å². The van der Waals surface area contributed by atoms with E-state index >= 15 is 0 Å². The first-order chi connectivity index (χ1) is 15.5. The number of carbonyl (C=O) groups excluding carboxylic acids is 1. The highest BCUT2D eigenvalue weighted by molar-refractivity contribution is 5.77. The van der Waals surface area contributed by atoms with Crippen molar-refractivity contribution in [3.8, 4) is 11.5 Å². The zero-order valence-electron chi connectivity index (χ0n) is 18.3. The summed E-state index contributed by atoms with van der Waals surface area (Å²) in [5.41, 5.74) is -2.29. The van der Waals surface area contributed by atoms with Crippen LogP contribution in [-0.4, -0.2) is 38.1 Å². The molecular weight excluding hydrogens is 451 g/mol. The van der Waals surface area contributed by atoms with E-state index in [2.05, 4.69) is 4.74 Å². The molecule has 1 aliphatic heterocycles. The maximum absolute atomic E-state index is 14.9. The van der Waals surface area contributed by atoms with Gasteiger partial charge < -0.3 is 18.9 Å². The Kier molecular flexibility index (Phi) is 6.88. The smallest absolute Gasteiger partial charge is 0.417 e. The molecule has 0 N–H and O–H groups in total. The fraction of sp³-hybridized carbons (Fsp3) is 0.435. The lowest BCUT2D eigenvalue weighted by molar-refractivity contribution is -0.274. The minimum absolute atomic E-state index is 0.125. The molecule has 3 rings (SSSR count). The average Bonchev–Trinajstić information content (AvgIpc) is 3.06. The number of hydrogen-bond donors (Lipinski definition) is 0. The Morgan fingerprint density at radius 3 is 2.30 bits per heavy atom. The second kappa shape index (κ2) is 9.17. The molecule has 0 aliphatic carbocycles. The predicted molar refractivity (Wildman–Crippen MR) is 107 cm³/mol. The fourth-order valence-corrected chi connectivity index (χ4v) is 4.02. The molecule has 4 atom stereocenters. The van der Waals surface area contributed by atoms with Crippen molar-refractivity contribution >= 4 is 5.97 Å². The predicted octanol–water partition coefficient (Wildman–Crippen LogP) is 5.16. The summed E-state index contributed by atoms with van der Waals surface area (Å²) in [4.78, 5) is 12.4. The average molecular weight is 474 g/mol. The molecule has 1 aliphatic rings. The van der Waals surface area contributed by atoms with E-state index in [9.17, 15) is 26.7 Å². The molecule has 0 amide bonds. The van der Waals surface area contributed by atoms with Gasteiger partial charge in [0.25, 0.3) is 0 Å². The van der Waals surface area contributed by atoms with E-state index in [0.717, 1.165) is 27.2 Å². The standard InChI is InChI=1S/C23H23F5O5/c1-12-16(20(21(29)31-4)33-22(12,2)23(26,27)28)14-10-15(17(24)18(25)19(14)30-3)32-11-13-8-6-5-7-9-13/h5-10,12,16,20H,11H2,1-4H3/t12?,16?,20-,22?/m1/s1. The molecule has 3 unspecified atom stereocenters. The Hall–Kier alpha value is -2.88. The molecule has 0 saturated carbocycles. The van der Waals surface area contributed by atoms with Crippen molar-refractivity contribution in [3.63, 3.8) is 0 Å². The van der Waals surface area contributed by atoms with Crippen LogP contribution in [0.25, 0.3) is 0 Å². The van der Waals surface area contributed by atoms with Gasteiger partial charge in [0.2, 0.25) is 11.6 Å². The summed E-state index contributed by atoms with van der Waals surface area (Å²) < 4.78 is 91.4. The van der Waals surface area contributed by atoms with E-state index in [4.69, 9.17) is 14.2 Å². The van der Waals surface area contributed by atoms with Crippen LogP contribution in [0.15, 0.2) is 36.4 Å². The van der Waals surface area contributed by atoms with E-state index in [1.54, 1.807) is 30.3 Å². The number of rotatable bonds is 6. The third-order valence-electron chi connectivity index (χ3n) is 6.06. The van der Waals surface area contributed by atoms with Crippen LogP contribution < -0.4 is 9.47 Å². The van der Waals surface area contributed by atoms with Gasteiger partial charge in [-0.1, -0.05) is 37.3 Å². The molecule has 33 heavy (non-hydrogen) atoms. The second-order valence-electron chi connectivity index (χ2n) is 7.88. The molecule has 0 bridgehead atoms. The molecule has 0 radical (unpaired) electrons. The van der Waals surface area contributed by atoms with Gasteiger partial charge in [0, 0.05) is 17.4 Å². The molecule has 1 fully saturated rings. The van der Waals surface area contributed by atoms with Crippen molar-refractivity contribution in [2.45, 2.75) is 44.3 Å². The van der Waals surface area contributed by atoms with Crippen LogP contribution in [0.3, 0.4) is 0 Å². The summed E-state index contributed by atoms with van der Waals surface area (Å²) >= 11 is 0. The van der Waals surface area contributed by atoms with Gasteiger partial charge in [-0.2, -0.15) is 22.0 Å². The first-order valence-corrected chi connectivity index (χ1v) is 10.0. The molecular formula is C23H23F5O5. The van der Waals surface area contributed by atoms with E-state index < -0.39 is 58.8 Å². The number of benzene rings is 2. The number of ether oxygens (including phenoxy) is 4. The van der Waals surface area contributed by atoms with E-state index in [0.29, 0.717) is 5.56 Å². The third-order valence-corrected chi connectivity index (χ3v) is 6.06. The molecule has 5 nitrogen and oxygen atoms in total. The number of esters is 1. The fourth-order valence-electron chi connectivity index (χ4n) is 4.02. The lowest BCUT2D eigenvalue weighted by Crippen LogP contribution is -2.47. The van der Waals surface area contributed by atoms with Gasteiger partial charge >= 0.3 is 12.1 Å². The molecule has 180 valence electrons. The van der Waals surface area contributed by atoms with Gasteiger partial charge in [-0.3, -0.25) is 0 Å². The van der Waals surface area contributed by atoms with Crippen molar-refractivity contribution in [2.24, 2.45) is 5.92 Å². The van der Waals surface area contributed by atoms with Crippen LogP contribution in [-0.2, 0) is 20.9 Å². The number of alkyl halides is 3. The second-order valence-corrected chi connectivity index (χ2v) is 7.88. The number of hydrogen-bond acceptors (Lipinski definition) is 5. The van der Waals surface area contributed by atoms with Crippen LogP contribution in [0.5, 0.6) is 11.5 Å². The van der Waals surface area contributed by atoms with Gasteiger partial charge in [0.1, 0.15) is 6.61 Å². The SMILES string of the molecule is COC(=O)[C@@H]1OC(C)(C(F)(F)F)C(C)C1c1cc(OCc2ccccc2)c(F)c(F)c1OC. The topological polar surface area (TPSA) is 54.0 Å². The quantitative estimate of drug-likeness (QED) is 0.428. The molecule has 1 heterocycles. The molecule has 0 spiro atoms. The monoisotopic (exact) mass is 474 g/mol. The Morgan fingerprint density at radius 1 is 1.12 bits per heavy atom. The summed E-state index contributed by atoms with van der Waals surface area (Å²) in [7, 11) is 2.04. The third kappa shape index (κ3) is 4.36. The molecule has 0 aromatic heterocycles. The zero-order chi connectivity index (χ0) is 24.6. The van der Waals surface area contributed by atoms with Crippen molar-refractivity contribution < 1.29 is 45.7 Å².